The molecule has 0 aromatic rings. The zero-order valence-corrected chi connectivity index (χ0v) is 15.1. The molecule has 0 rings (SSSR count). The predicted molar refractivity (Wildman–Crippen MR) is 89.4 cm³/mol. The molecule has 0 unspecified atom stereocenters. The molecule has 0 atom stereocenters. The van der Waals surface area contributed by atoms with Crippen LogP contribution in [0, 0.1) is 0 Å². The molecule has 0 N–H and O–H groups in total. The van der Waals surface area contributed by atoms with E-state index in [0.29, 0.717) is 0 Å². The van der Waals surface area contributed by atoms with Crippen LogP contribution in [0.5, 0.6) is 0 Å². The van der Waals surface area contributed by atoms with Crippen LogP contribution in [0.15, 0.2) is 0 Å². The van der Waals surface area contributed by atoms with Crippen molar-refractivity contribution in [1.29, 1.82) is 0 Å². The first kappa shape index (κ1) is 19.1. The van der Waals surface area contributed by atoms with Crippen LogP contribution in [0.4, 0.5) is 0 Å². The zero-order valence-electron chi connectivity index (χ0n) is 14.1. The minimum Gasteiger partial charge on any atom is -0.416 e. The Morgan fingerprint density at radius 2 is 1.21 bits per heavy atom. The minimum atomic E-state index is -1.37. The monoisotopic (exact) mass is 287 g/mol. The van der Waals surface area contributed by atoms with Gasteiger partial charge in [-0.1, -0.05) is 47.5 Å². The van der Waals surface area contributed by atoms with Crippen LogP contribution in [-0.4, -0.2) is 39.5 Å². The van der Waals surface area contributed by atoms with Gasteiger partial charge in [0.05, 0.1) is 0 Å². The summed E-state index contributed by atoms with van der Waals surface area (Å²) in [5.41, 5.74) is 0. The van der Waals surface area contributed by atoms with Crippen LogP contribution in [0.25, 0.3) is 0 Å². The number of rotatable bonds is 13. The van der Waals surface area contributed by atoms with Crippen molar-refractivity contribution in [3.8, 4) is 0 Å². The second kappa shape index (κ2) is 11.9. The van der Waals surface area contributed by atoms with E-state index in [4.69, 9.17) is 4.43 Å². The Balaban J connectivity index is 4.07. The molecule has 0 aliphatic rings. The highest BCUT2D eigenvalue weighted by atomic mass is 28.4. The van der Waals surface area contributed by atoms with E-state index in [-0.39, 0.29) is 0 Å². The lowest BCUT2D eigenvalue weighted by Crippen LogP contribution is -2.39. The van der Waals surface area contributed by atoms with Crippen molar-refractivity contribution in [2.24, 2.45) is 0 Å². The van der Waals surface area contributed by atoms with Gasteiger partial charge < -0.3 is 9.33 Å². The maximum atomic E-state index is 6.36. The summed E-state index contributed by atoms with van der Waals surface area (Å²) in [5, 5.41) is 0. The summed E-state index contributed by atoms with van der Waals surface area (Å²) < 4.78 is 6.36. The maximum absolute atomic E-state index is 6.36. The van der Waals surface area contributed by atoms with E-state index in [1.807, 2.05) is 0 Å². The first-order valence-electron chi connectivity index (χ1n) is 8.54. The summed E-state index contributed by atoms with van der Waals surface area (Å²) in [7, 11) is -1.37. The van der Waals surface area contributed by atoms with Crippen molar-refractivity contribution in [2.75, 3.05) is 26.2 Å². The number of hydrogen-bond donors (Lipinski definition) is 0. The highest BCUT2D eigenvalue weighted by molar-refractivity contribution is 6.73. The largest absolute Gasteiger partial charge is 0.416 e. The summed E-state index contributed by atoms with van der Waals surface area (Å²) in [6.07, 6.45) is 5.23. The van der Waals surface area contributed by atoms with Crippen molar-refractivity contribution in [3.05, 3.63) is 0 Å². The van der Waals surface area contributed by atoms with E-state index in [9.17, 15) is 0 Å². The standard InChI is InChI=1S/C16H37NOSi/c1-6-11-13-17(14-12-7-2)15-16-18-19(8-3,9-4)10-5/h6-16H2,1-5H3. The van der Waals surface area contributed by atoms with Gasteiger partial charge in [-0.05, 0) is 44.1 Å². The van der Waals surface area contributed by atoms with Crippen molar-refractivity contribution < 1.29 is 4.43 Å². The summed E-state index contributed by atoms with van der Waals surface area (Å²) in [6.45, 7) is 16.1. The summed E-state index contributed by atoms with van der Waals surface area (Å²) in [5.74, 6) is 0. The minimum absolute atomic E-state index is 0.954. The van der Waals surface area contributed by atoms with Crippen LogP contribution >= 0.6 is 0 Å². The normalized spacial score (nSPS) is 12.3. The molecule has 0 spiro atoms. The molecule has 0 fully saturated rings. The molecule has 0 radical (unpaired) electrons. The first-order valence-corrected chi connectivity index (χ1v) is 11.1. The summed E-state index contributed by atoms with van der Waals surface area (Å²) in [4.78, 5) is 2.60. The molecule has 0 saturated heterocycles. The van der Waals surface area contributed by atoms with Crippen LogP contribution in [-0.2, 0) is 4.43 Å². The predicted octanol–water partition coefficient (Wildman–Crippen LogP) is 4.91. The molecular weight excluding hydrogens is 250 g/mol. The maximum Gasteiger partial charge on any atom is 0.192 e. The highest BCUT2D eigenvalue weighted by Gasteiger charge is 2.28. The van der Waals surface area contributed by atoms with Gasteiger partial charge in [-0.2, -0.15) is 0 Å². The van der Waals surface area contributed by atoms with E-state index >= 15 is 0 Å². The third-order valence-corrected chi connectivity index (χ3v) is 9.09. The average Bonchev–Trinajstić information content (AvgIpc) is 2.46. The van der Waals surface area contributed by atoms with E-state index in [0.717, 1.165) is 13.2 Å². The topological polar surface area (TPSA) is 12.5 Å². The molecule has 0 bridgehead atoms. The third-order valence-electron chi connectivity index (χ3n) is 4.40. The molecule has 116 valence electrons. The number of hydrogen-bond acceptors (Lipinski definition) is 2. The molecular formula is C16H37NOSi. The lowest BCUT2D eigenvalue weighted by atomic mass is 10.2. The van der Waals surface area contributed by atoms with Gasteiger partial charge in [-0.25, -0.2) is 0 Å². The lowest BCUT2D eigenvalue weighted by Gasteiger charge is -2.30. The molecule has 0 heterocycles. The fourth-order valence-corrected chi connectivity index (χ4v) is 5.18. The molecule has 0 saturated carbocycles. The van der Waals surface area contributed by atoms with Gasteiger partial charge in [0.1, 0.15) is 0 Å². The van der Waals surface area contributed by atoms with Crippen molar-refractivity contribution in [2.45, 2.75) is 78.4 Å². The van der Waals surface area contributed by atoms with Crippen molar-refractivity contribution >= 4 is 8.32 Å². The van der Waals surface area contributed by atoms with E-state index in [1.165, 1.54) is 56.9 Å². The smallest absolute Gasteiger partial charge is 0.192 e. The Morgan fingerprint density at radius 1 is 0.737 bits per heavy atom. The average molecular weight is 288 g/mol. The van der Waals surface area contributed by atoms with Crippen molar-refractivity contribution in [3.63, 3.8) is 0 Å². The fraction of sp³-hybridized carbons (Fsp3) is 1.00. The van der Waals surface area contributed by atoms with Crippen LogP contribution in [0.1, 0.15) is 60.3 Å². The van der Waals surface area contributed by atoms with Gasteiger partial charge >= 0.3 is 0 Å². The molecule has 3 heteroatoms. The van der Waals surface area contributed by atoms with Gasteiger partial charge in [0.25, 0.3) is 0 Å². The van der Waals surface area contributed by atoms with Gasteiger partial charge in [0.15, 0.2) is 8.32 Å². The second-order valence-corrected chi connectivity index (χ2v) is 10.4. The molecule has 0 aromatic heterocycles. The number of nitrogens with zero attached hydrogens (tertiary/aromatic N) is 1. The first-order chi connectivity index (χ1) is 9.17. The highest BCUT2D eigenvalue weighted by Crippen LogP contribution is 2.21. The van der Waals surface area contributed by atoms with Gasteiger partial charge in [-0.15, -0.1) is 0 Å². The Bertz CT molecular complexity index is 179. The summed E-state index contributed by atoms with van der Waals surface area (Å²) in [6, 6.07) is 3.80. The van der Waals surface area contributed by atoms with Crippen molar-refractivity contribution in [1.82, 2.24) is 4.90 Å². The molecule has 0 aromatic carbocycles. The Morgan fingerprint density at radius 3 is 1.58 bits per heavy atom. The lowest BCUT2D eigenvalue weighted by molar-refractivity contribution is 0.197. The van der Waals surface area contributed by atoms with E-state index < -0.39 is 8.32 Å². The van der Waals surface area contributed by atoms with Crippen LogP contribution in [0.2, 0.25) is 18.1 Å². The third kappa shape index (κ3) is 8.11. The molecule has 0 aliphatic heterocycles. The second-order valence-electron chi connectivity index (χ2n) is 5.64. The molecule has 2 nitrogen and oxygen atoms in total. The SMILES string of the molecule is CCCCN(CCCC)CCO[Si](CC)(CC)CC. The Kier molecular flexibility index (Phi) is 12.0. The Labute approximate surface area is 123 Å². The number of unbranched alkanes of at least 4 members (excludes halogenated alkanes) is 2. The molecule has 19 heavy (non-hydrogen) atoms. The van der Waals surface area contributed by atoms with E-state index in [1.54, 1.807) is 0 Å². The van der Waals surface area contributed by atoms with Crippen LogP contribution in [0.3, 0.4) is 0 Å². The van der Waals surface area contributed by atoms with Gasteiger partial charge in [-0.3, -0.25) is 0 Å². The fourth-order valence-electron chi connectivity index (χ4n) is 2.55. The van der Waals surface area contributed by atoms with Crippen LogP contribution < -0.4 is 0 Å². The molecule has 0 amide bonds. The van der Waals surface area contributed by atoms with Gasteiger partial charge in [0.2, 0.25) is 0 Å². The Hall–Kier alpha value is 0.137. The van der Waals surface area contributed by atoms with E-state index in [2.05, 4.69) is 39.5 Å². The quantitative estimate of drug-likeness (QED) is 0.446. The molecule has 0 aliphatic carbocycles. The summed E-state index contributed by atoms with van der Waals surface area (Å²) >= 11 is 0. The zero-order chi connectivity index (χ0) is 14.6. The van der Waals surface area contributed by atoms with Gasteiger partial charge in [0, 0.05) is 13.2 Å².